The van der Waals surface area contributed by atoms with Crippen LogP contribution in [0.4, 0.5) is 4.79 Å². The molecule has 2 aliphatic rings. The van der Waals surface area contributed by atoms with Gasteiger partial charge in [-0.1, -0.05) is 6.07 Å². The predicted octanol–water partition coefficient (Wildman–Crippen LogP) is 2.56. The van der Waals surface area contributed by atoms with Gasteiger partial charge >= 0.3 is 6.09 Å². The molecule has 1 aromatic carbocycles. The number of carbonyl (C=O) groups is 1. The number of phenols is 1. The zero-order chi connectivity index (χ0) is 19.9. The summed E-state index contributed by atoms with van der Waals surface area (Å²) in [4.78, 5) is 17.9. The molecule has 0 unspecified atom stereocenters. The standard InChI is InChI=1S/C21H32N4O3/c1-3-28-21(27)25-12-10-16(11-13-25)24-20(22-2)23-14-18-17-7-5-4-6-15(17)8-9-19(18)26/h8-9,16,26H,3-7,10-14H2,1-2H3,(H2,22,23,24). The average Bonchev–Trinajstić information content (AvgIpc) is 2.72. The van der Waals surface area contributed by atoms with Crippen molar-refractivity contribution in [1.29, 1.82) is 0 Å². The van der Waals surface area contributed by atoms with E-state index in [2.05, 4.69) is 21.7 Å². The Hall–Kier alpha value is -2.44. The minimum absolute atomic E-state index is 0.229. The molecule has 154 valence electrons. The van der Waals surface area contributed by atoms with Crippen molar-refractivity contribution < 1.29 is 14.6 Å². The molecule has 0 aromatic heterocycles. The van der Waals surface area contributed by atoms with Gasteiger partial charge in [0.15, 0.2) is 5.96 Å². The first-order valence-electron chi connectivity index (χ1n) is 10.3. The Morgan fingerprint density at radius 2 is 2.04 bits per heavy atom. The lowest BCUT2D eigenvalue weighted by atomic mass is 9.88. The van der Waals surface area contributed by atoms with Crippen LogP contribution in [0.15, 0.2) is 17.1 Å². The molecule has 1 fully saturated rings. The second kappa shape index (κ2) is 9.66. The summed E-state index contributed by atoms with van der Waals surface area (Å²) in [6, 6.07) is 4.12. The molecule has 1 aliphatic carbocycles. The summed E-state index contributed by atoms with van der Waals surface area (Å²) in [6.45, 7) is 4.14. The largest absolute Gasteiger partial charge is 0.508 e. The number of aryl methyl sites for hydroxylation is 1. The van der Waals surface area contributed by atoms with E-state index in [1.54, 1.807) is 11.9 Å². The fourth-order valence-corrected chi connectivity index (χ4v) is 4.07. The highest BCUT2D eigenvalue weighted by Crippen LogP contribution is 2.30. The van der Waals surface area contributed by atoms with Crippen LogP contribution in [0.25, 0.3) is 0 Å². The number of guanidine groups is 1. The van der Waals surface area contributed by atoms with Crippen molar-refractivity contribution in [3.8, 4) is 5.75 Å². The number of nitrogens with zero attached hydrogens (tertiary/aromatic N) is 2. The second-order valence-electron chi connectivity index (χ2n) is 7.44. The third-order valence-electron chi connectivity index (χ3n) is 5.64. The van der Waals surface area contributed by atoms with E-state index in [-0.39, 0.29) is 12.1 Å². The molecule has 0 bridgehead atoms. The topological polar surface area (TPSA) is 86.2 Å². The molecule has 1 saturated heterocycles. The predicted molar refractivity (Wildman–Crippen MR) is 110 cm³/mol. The highest BCUT2D eigenvalue weighted by Gasteiger charge is 2.24. The number of piperidine rings is 1. The lowest BCUT2D eigenvalue weighted by Gasteiger charge is -2.32. The quantitative estimate of drug-likeness (QED) is 0.545. The number of likely N-dealkylation sites (tertiary alicyclic amines) is 1. The molecule has 0 atom stereocenters. The van der Waals surface area contributed by atoms with Crippen molar-refractivity contribution in [2.24, 2.45) is 4.99 Å². The Kier molecular flexibility index (Phi) is 7.01. The zero-order valence-corrected chi connectivity index (χ0v) is 17.0. The monoisotopic (exact) mass is 388 g/mol. The van der Waals surface area contributed by atoms with E-state index in [9.17, 15) is 9.90 Å². The molecule has 1 aromatic rings. The first-order valence-corrected chi connectivity index (χ1v) is 10.3. The van der Waals surface area contributed by atoms with E-state index in [1.807, 2.05) is 13.0 Å². The maximum atomic E-state index is 11.8. The van der Waals surface area contributed by atoms with Gasteiger partial charge in [0.05, 0.1) is 6.61 Å². The molecule has 7 nitrogen and oxygen atoms in total. The minimum Gasteiger partial charge on any atom is -0.508 e. The molecule has 0 saturated carbocycles. The molecule has 7 heteroatoms. The third-order valence-corrected chi connectivity index (χ3v) is 5.64. The van der Waals surface area contributed by atoms with Crippen molar-refractivity contribution in [3.63, 3.8) is 0 Å². The van der Waals surface area contributed by atoms with Gasteiger partial charge < -0.3 is 25.4 Å². The van der Waals surface area contributed by atoms with E-state index in [0.717, 1.165) is 37.2 Å². The summed E-state index contributed by atoms with van der Waals surface area (Å²) >= 11 is 0. The van der Waals surface area contributed by atoms with Crippen molar-refractivity contribution in [2.45, 2.75) is 58.0 Å². The fourth-order valence-electron chi connectivity index (χ4n) is 4.07. The molecule has 0 spiro atoms. The van der Waals surface area contributed by atoms with Gasteiger partial charge in [0.1, 0.15) is 5.75 Å². The Morgan fingerprint density at radius 1 is 1.29 bits per heavy atom. The van der Waals surface area contributed by atoms with Crippen molar-refractivity contribution in [3.05, 3.63) is 28.8 Å². The van der Waals surface area contributed by atoms with E-state index >= 15 is 0 Å². The van der Waals surface area contributed by atoms with Crippen LogP contribution in [-0.2, 0) is 24.1 Å². The summed E-state index contributed by atoms with van der Waals surface area (Å²) in [5.74, 6) is 1.08. The number of amides is 1. The van der Waals surface area contributed by atoms with Crippen LogP contribution >= 0.6 is 0 Å². The number of rotatable bonds is 4. The summed E-state index contributed by atoms with van der Waals surface area (Å²) in [5, 5.41) is 17.1. The minimum atomic E-state index is -0.229. The Labute approximate surface area is 167 Å². The molecule has 1 aliphatic heterocycles. The number of hydrogen-bond donors (Lipinski definition) is 3. The molecule has 1 amide bonds. The van der Waals surface area contributed by atoms with Gasteiger partial charge in [-0.25, -0.2) is 4.79 Å². The second-order valence-corrected chi connectivity index (χ2v) is 7.44. The lowest BCUT2D eigenvalue weighted by Crippen LogP contribution is -2.49. The van der Waals surface area contributed by atoms with Gasteiger partial charge in [-0.2, -0.15) is 0 Å². The van der Waals surface area contributed by atoms with Gasteiger partial charge in [0, 0.05) is 38.3 Å². The van der Waals surface area contributed by atoms with Gasteiger partial charge in [-0.3, -0.25) is 4.99 Å². The summed E-state index contributed by atoms with van der Waals surface area (Å²) in [5.41, 5.74) is 3.63. The van der Waals surface area contributed by atoms with Crippen LogP contribution < -0.4 is 10.6 Å². The van der Waals surface area contributed by atoms with Crippen LogP contribution in [0.3, 0.4) is 0 Å². The number of phenolic OH excluding ortho intramolecular Hbond substituents is 1. The zero-order valence-electron chi connectivity index (χ0n) is 17.0. The molecule has 0 radical (unpaired) electrons. The number of ether oxygens (including phenoxy) is 1. The third kappa shape index (κ3) is 4.88. The first kappa shape index (κ1) is 20.3. The number of aliphatic imine (C=N–C) groups is 1. The molecular weight excluding hydrogens is 356 g/mol. The number of hydrogen-bond acceptors (Lipinski definition) is 4. The first-order chi connectivity index (χ1) is 13.6. The SMILES string of the molecule is CCOC(=O)N1CCC(NC(=NC)NCc2c(O)ccc3c2CCCC3)CC1. The highest BCUT2D eigenvalue weighted by atomic mass is 16.6. The summed E-state index contributed by atoms with van der Waals surface area (Å²) < 4.78 is 5.07. The van der Waals surface area contributed by atoms with Crippen LogP contribution in [0.2, 0.25) is 0 Å². The normalized spacial score (nSPS) is 17.8. The van der Waals surface area contributed by atoms with Gasteiger partial charge in [0.2, 0.25) is 0 Å². The van der Waals surface area contributed by atoms with E-state index in [0.29, 0.717) is 32.0 Å². The smallest absolute Gasteiger partial charge is 0.409 e. The highest BCUT2D eigenvalue weighted by molar-refractivity contribution is 5.80. The van der Waals surface area contributed by atoms with E-state index in [4.69, 9.17) is 4.74 Å². The summed E-state index contributed by atoms with van der Waals surface area (Å²) in [7, 11) is 1.75. The van der Waals surface area contributed by atoms with Gasteiger partial charge in [0.25, 0.3) is 0 Å². The Balaban J connectivity index is 1.53. The van der Waals surface area contributed by atoms with Gasteiger partial charge in [-0.15, -0.1) is 0 Å². The van der Waals surface area contributed by atoms with Crippen molar-refractivity contribution in [2.75, 3.05) is 26.7 Å². The average molecular weight is 389 g/mol. The van der Waals surface area contributed by atoms with Crippen molar-refractivity contribution >= 4 is 12.1 Å². The maximum Gasteiger partial charge on any atom is 0.409 e. The van der Waals surface area contributed by atoms with Crippen LogP contribution in [0.1, 0.15) is 49.3 Å². The van der Waals surface area contributed by atoms with Crippen LogP contribution in [-0.4, -0.2) is 54.8 Å². The number of benzene rings is 1. The molecule has 1 heterocycles. The Bertz CT molecular complexity index is 712. The number of fused-ring (bicyclic) bond motifs is 1. The molecule has 28 heavy (non-hydrogen) atoms. The van der Waals surface area contributed by atoms with Gasteiger partial charge in [-0.05, 0) is 62.6 Å². The maximum absolute atomic E-state index is 11.8. The lowest BCUT2D eigenvalue weighted by molar-refractivity contribution is 0.0963. The molecule has 3 rings (SSSR count). The van der Waals surface area contributed by atoms with E-state index < -0.39 is 0 Å². The molecular formula is C21H32N4O3. The van der Waals surface area contributed by atoms with E-state index in [1.165, 1.54) is 24.0 Å². The fraction of sp³-hybridized carbons (Fsp3) is 0.619. The number of nitrogens with one attached hydrogen (secondary N) is 2. The Morgan fingerprint density at radius 3 is 2.75 bits per heavy atom. The molecule has 3 N–H and O–H groups in total. The van der Waals surface area contributed by atoms with Crippen LogP contribution in [0.5, 0.6) is 5.75 Å². The van der Waals surface area contributed by atoms with Crippen molar-refractivity contribution in [1.82, 2.24) is 15.5 Å². The number of carbonyl (C=O) groups excluding carboxylic acids is 1. The number of aromatic hydroxyl groups is 1. The summed E-state index contributed by atoms with van der Waals surface area (Å²) in [6.07, 6.45) is 5.99. The van der Waals surface area contributed by atoms with Crippen LogP contribution in [0, 0.1) is 0 Å².